The van der Waals surface area contributed by atoms with Crippen LogP contribution in [0.1, 0.15) is 15.9 Å². The molecule has 2 aliphatic rings. The third-order valence-corrected chi connectivity index (χ3v) is 5.55. The molecule has 0 atom stereocenters. The standard InChI is InChI=1S/C26H21N3O3/c1-15-8-10-16(11-9-15)26(31)28-23-24(30)19-7-5-4-6-18(19)22-25(23)32-21-14-17(29(2)3)12-13-20(21)27-22/h4-14H,1-3H3,(H,28,31). The van der Waals surface area contributed by atoms with E-state index in [0.717, 1.165) is 11.3 Å². The second-order valence-corrected chi connectivity index (χ2v) is 8.01. The number of rotatable bonds is 3. The first-order valence-corrected chi connectivity index (χ1v) is 10.3. The second-order valence-electron chi connectivity index (χ2n) is 8.01. The maximum Gasteiger partial charge on any atom is 0.255 e. The first-order valence-electron chi connectivity index (χ1n) is 10.3. The van der Waals surface area contributed by atoms with Gasteiger partial charge in [0.1, 0.15) is 16.9 Å². The summed E-state index contributed by atoms with van der Waals surface area (Å²) in [5.74, 6) is -0.117. The molecule has 0 fully saturated rings. The molecule has 1 aliphatic heterocycles. The Bertz CT molecular complexity index is 1520. The molecule has 1 N–H and O–H groups in total. The van der Waals surface area contributed by atoms with E-state index in [9.17, 15) is 9.59 Å². The zero-order valence-electron chi connectivity index (χ0n) is 18.0. The van der Waals surface area contributed by atoms with Crippen LogP contribution in [0.15, 0.2) is 75.9 Å². The Morgan fingerprint density at radius 3 is 2.41 bits per heavy atom. The number of hydrogen-bond donors (Lipinski definition) is 1. The van der Waals surface area contributed by atoms with E-state index in [0.29, 0.717) is 33.1 Å². The number of anilines is 2. The number of fused-ring (bicyclic) bond motifs is 4. The number of hydrogen-bond acceptors (Lipinski definition) is 5. The van der Waals surface area contributed by atoms with Gasteiger partial charge in [0.25, 0.3) is 5.91 Å². The van der Waals surface area contributed by atoms with Gasteiger partial charge in [0.15, 0.2) is 11.3 Å². The second kappa shape index (κ2) is 7.50. The summed E-state index contributed by atoms with van der Waals surface area (Å²) >= 11 is 0. The molecule has 32 heavy (non-hydrogen) atoms. The van der Waals surface area contributed by atoms with E-state index in [1.807, 2.05) is 68.4 Å². The summed E-state index contributed by atoms with van der Waals surface area (Å²) in [6.45, 7) is 1.95. The average molecular weight is 423 g/mol. The van der Waals surface area contributed by atoms with Gasteiger partial charge < -0.3 is 14.6 Å². The van der Waals surface area contributed by atoms with Crippen LogP contribution in [0.4, 0.5) is 11.4 Å². The van der Waals surface area contributed by atoms with E-state index < -0.39 is 0 Å². The van der Waals surface area contributed by atoms with Crippen LogP contribution in [0.2, 0.25) is 0 Å². The van der Waals surface area contributed by atoms with E-state index in [1.165, 1.54) is 0 Å². The maximum atomic E-state index is 13.4. The Hall–Kier alpha value is -4.19. The van der Waals surface area contributed by atoms with E-state index in [1.54, 1.807) is 24.3 Å². The van der Waals surface area contributed by atoms with E-state index in [4.69, 9.17) is 9.40 Å². The van der Waals surface area contributed by atoms with Gasteiger partial charge in [0, 0.05) is 42.2 Å². The third-order valence-electron chi connectivity index (χ3n) is 5.55. The highest BCUT2D eigenvalue weighted by atomic mass is 16.3. The van der Waals surface area contributed by atoms with Crippen molar-refractivity contribution in [3.8, 4) is 11.5 Å². The number of nitrogens with zero attached hydrogens (tertiary/aromatic N) is 2. The molecule has 1 amide bonds. The lowest BCUT2D eigenvalue weighted by Gasteiger charge is -2.16. The molecular formula is C26H21N3O3. The Balaban J connectivity index is 1.77. The lowest BCUT2D eigenvalue weighted by Crippen LogP contribution is -2.20. The lowest BCUT2D eigenvalue weighted by molar-refractivity contribution is 0.102. The smallest absolute Gasteiger partial charge is 0.255 e. The van der Waals surface area contributed by atoms with E-state index >= 15 is 0 Å². The molecule has 1 heterocycles. The summed E-state index contributed by atoms with van der Waals surface area (Å²) in [4.78, 5) is 33.1. The Morgan fingerprint density at radius 1 is 0.969 bits per heavy atom. The molecule has 0 bridgehead atoms. The van der Waals surface area contributed by atoms with Crippen LogP contribution < -0.4 is 15.6 Å². The molecule has 6 heteroatoms. The van der Waals surface area contributed by atoms with Gasteiger partial charge in [-0.05, 0) is 31.2 Å². The molecule has 6 nitrogen and oxygen atoms in total. The Labute approximate surface area is 184 Å². The van der Waals surface area contributed by atoms with Gasteiger partial charge in [-0.15, -0.1) is 0 Å². The Morgan fingerprint density at radius 2 is 1.69 bits per heavy atom. The molecule has 0 unspecified atom stereocenters. The van der Waals surface area contributed by atoms with Gasteiger partial charge in [-0.1, -0.05) is 42.0 Å². The van der Waals surface area contributed by atoms with Crippen LogP contribution in [-0.4, -0.2) is 25.0 Å². The van der Waals surface area contributed by atoms with E-state index in [2.05, 4.69) is 5.32 Å². The van der Waals surface area contributed by atoms with Crippen LogP contribution >= 0.6 is 0 Å². The molecule has 0 saturated heterocycles. The quantitative estimate of drug-likeness (QED) is 0.324. The summed E-state index contributed by atoms with van der Waals surface area (Å²) in [7, 11) is 3.87. The van der Waals surface area contributed by atoms with Crippen molar-refractivity contribution in [2.45, 2.75) is 6.92 Å². The third kappa shape index (κ3) is 3.26. The van der Waals surface area contributed by atoms with Gasteiger partial charge in [-0.25, -0.2) is 4.98 Å². The van der Waals surface area contributed by atoms with E-state index in [-0.39, 0.29) is 22.8 Å². The molecule has 0 aromatic heterocycles. The number of aryl methyl sites for hydroxylation is 1. The number of benzene rings is 4. The van der Waals surface area contributed by atoms with Gasteiger partial charge in [0.2, 0.25) is 5.43 Å². The molecule has 3 aromatic carbocycles. The zero-order chi connectivity index (χ0) is 22.4. The fourth-order valence-corrected chi connectivity index (χ4v) is 3.77. The van der Waals surface area contributed by atoms with Crippen LogP contribution in [0.25, 0.3) is 33.3 Å². The highest BCUT2D eigenvalue weighted by Crippen LogP contribution is 2.36. The largest absolute Gasteiger partial charge is 0.450 e. The van der Waals surface area contributed by atoms with Crippen LogP contribution in [0.5, 0.6) is 0 Å². The molecular weight excluding hydrogens is 402 g/mol. The molecule has 5 rings (SSSR count). The highest BCUT2D eigenvalue weighted by molar-refractivity contribution is 6.09. The van der Waals surface area contributed by atoms with Gasteiger partial charge in [-0.3, -0.25) is 9.59 Å². The minimum Gasteiger partial charge on any atom is -0.450 e. The number of carbonyl (C=O) groups excluding carboxylic acids is 1. The molecule has 158 valence electrons. The van der Waals surface area contributed by atoms with Crippen LogP contribution in [0, 0.1) is 6.92 Å². The predicted octanol–water partition coefficient (Wildman–Crippen LogP) is 5.07. The first-order chi connectivity index (χ1) is 15.4. The zero-order valence-corrected chi connectivity index (χ0v) is 18.0. The van der Waals surface area contributed by atoms with Gasteiger partial charge in [-0.2, -0.15) is 0 Å². The first kappa shape index (κ1) is 19.8. The van der Waals surface area contributed by atoms with Crippen molar-refractivity contribution in [2.75, 3.05) is 24.3 Å². The summed E-state index contributed by atoms with van der Waals surface area (Å²) in [5, 5.41) is 3.95. The number of amides is 1. The molecule has 1 aliphatic carbocycles. The van der Waals surface area contributed by atoms with Crippen LogP contribution in [-0.2, 0) is 0 Å². The number of carbonyl (C=O) groups is 1. The molecule has 3 aromatic rings. The fourth-order valence-electron chi connectivity index (χ4n) is 3.77. The summed E-state index contributed by atoms with van der Waals surface area (Å²) in [5.41, 5.74) is 3.97. The average Bonchev–Trinajstić information content (AvgIpc) is 2.80. The SMILES string of the molecule is Cc1ccc(C(=O)Nc2c3oc4cc(N(C)C)ccc4nc-3c3ccccc3c2=O)cc1. The Kier molecular flexibility index (Phi) is 4.63. The van der Waals surface area contributed by atoms with Crippen molar-refractivity contribution >= 4 is 39.2 Å². The summed E-state index contributed by atoms with van der Waals surface area (Å²) < 4.78 is 6.21. The van der Waals surface area contributed by atoms with Crippen molar-refractivity contribution < 1.29 is 9.21 Å². The minimum atomic E-state index is -0.379. The molecule has 0 radical (unpaired) electrons. The molecule has 0 saturated carbocycles. The number of aromatic nitrogens is 1. The highest BCUT2D eigenvalue weighted by Gasteiger charge is 2.24. The van der Waals surface area contributed by atoms with Crippen molar-refractivity contribution in [2.24, 2.45) is 0 Å². The van der Waals surface area contributed by atoms with Crippen molar-refractivity contribution in [1.29, 1.82) is 0 Å². The van der Waals surface area contributed by atoms with Gasteiger partial charge >= 0.3 is 0 Å². The lowest BCUT2D eigenvalue weighted by atomic mass is 10.0. The van der Waals surface area contributed by atoms with Gasteiger partial charge in [0.05, 0.1) is 0 Å². The maximum absolute atomic E-state index is 13.4. The topological polar surface area (TPSA) is 75.4 Å². The summed E-state index contributed by atoms with van der Waals surface area (Å²) in [6, 6.07) is 20.1. The normalized spacial score (nSPS) is 11.2. The van der Waals surface area contributed by atoms with Crippen molar-refractivity contribution in [3.05, 3.63) is 88.1 Å². The predicted molar refractivity (Wildman–Crippen MR) is 128 cm³/mol. The number of nitrogens with one attached hydrogen (secondary N) is 1. The van der Waals surface area contributed by atoms with Crippen molar-refractivity contribution in [1.82, 2.24) is 4.98 Å². The fraction of sp³-hybridized carbons (Fsp3) is 0.115. The minimum absolute atomic E-state index is 0.0916. The van der Waals surface area contributed by atoms with Crippen LogP contribution in [0.3, 0.4) is 0 Å². The van der Waals surface area contributed by atoms with Crippen molar-refractivity contribution in [3.63, 3.8) is 0 Å². The molecule has 0 spiro atoms. The monoisotopic (exact) mass is 423 g/mol. The summed E-state index contributed by atoms with van der Waals surface area (Å²) in [6.07, 6.45) is 0.